The topological polar surface area (TPSA) is 41.9 Å². The summed E-state index contributed by atoms with van der Waals surface area (Å²) in [5, 5.41) is 4.38. The van der Waals surface area contributed by atoms with Crippen molar-refractivity contribution >= 4 is 40.5 Å². The van der Waals surface area contributed by atoms with Gasteiger partial charge in [-0.2, -0.15) is 0 Å². The van der Waals surface area contributed by atoms with Gasteiger partial charge in [0.05, 0.1) is 21.3 Å². The van der Waals surface area contributed by atoms with Crippen LogP contribution in [0.25, 0.3) is 0 Å². The maximum Gasteiger partial charge on any atom is 0.280 e. The number of benzene rings is 1. The van der Waals surface area contributed by atoms with E-state index < -0.39 is 0 Å². The van der Waals surface area contributed by atoms with Gasteiger partial charge in [-0.15, -0.1) is 0 Å². The Bertz CT molecular complexity index is 500. The Morgan fingerprint density at radius 2 is 2.06 bits per heavy atom. The zero-order valence-electron chi connectivity index (χ0n) is 8.62. The van der Waals surface area contributed by atoms with Gasteiger partial charge < -0.3 is 9.74 Å². The number of carbonyl (C=O) groups excluding carboxylic acids is 1. The van der Waals surface area contributed by atoms with E-state index in [4.69, 9.17) is 23.2 Å². The molecule has 0 unspecified atom stereocenters. The van der Waals surface area contributed by atoms with Crippen LogP contribution in [0.15, 0.2) is 17.3 Å². The molecule has 0 aromatic heterocycles. The lowest BCUT2D eigenvalue weighted by atomic mass is 10.1. The summed E-state index contributed by atoms with van der Waals surface area (Å²) in [7, 11) is 3.01. The summed E-state index contributed by atoms with van der Waals surface area (Å²) in [6.07, 6.45) is 0. The first-order valence-electron chi connectivity index (χ1n) is 4.45. The van der Waals surface area contributed by atoms with Gasteiger partial charge in [0.1, 0.15) is 7.11 Å². The van der Waals surface area contributed by atoms with Crippen molar-refractivity contribution in [2.45, 2.75) is 0 Å². The van der Waals surface area contributed by atoms with Crippen LogP contribution in [0, 0.1) is 0 Å². The predicted molar refractivity (Wildman–Crippen MR) is 63.4 cm³/mol. The molecule has 1 heterocycles. The highest BCUT2D eigenvalue weighted by Crippen LogP contribution is 2.37. The fourth-order valence-electron chi connectivity index (χ4n) is 1.60. The van der Waals surface area contributed by atoms with Crippen molar-refractivity contribution in [1.29, 1.82) is 0 Å². The minimum Gasteiger partial charge on any atom is -0.398 e. The van der Waals surface area contributed by atoms with E-state index in [1.165, 1.54) is 12.0 Å². The van der Waals surface area contributed by atoms with Crippen LogP contribution in [0.4, 0.5) is 5.69 Å². The minimum absolute atomic E-state index is 0.174. The van der Waals surface area contributed by atoms with Gasteiger partial charge in [0, 0.05) is 7.05 Å². The molecule has 1 aliphatic heterocycles. The Hall–Kier alpha value is -1.26. The zero-order valence-corrected chi connectivity index (χ0v) is 10.1. The van der Waals surface area contributed by atoms with Crippen molar-refractivity contribution in [3.8, 4) is 0 Å². The van der Waals surface area contributed by atoms with Gasteiger partial charge in [-0.3, -0.25) is 4.79 Å². The molecule has 0 atom stereocenters. The molecule has 0 bridgehead atoms. The highest BCUT2D eigenvalue weighted by Gasteiger charge is 2.34. The smallest absolute Gasteiger partial charge is 0.280 e. The van der Waals surface area contributed by atoms with Crippen LogP contribution in [0.1, 0.15) is 5.56 Å². The molecule has 84 valence electrons. The minimum atomic E-state index is -0.263. The van der Waals surface area contributed by atoms with Crippen LogP contribution >= 0.6 is 23.2 Å². The third-order valence-corrected chi connectivity index (χ3v) is 3.17. The normalized spacial score (nSPS) is 16.9. The average molecular weight is 259 g/mol. The standard InChI is InChI=1S/C10H8Cl2N2O2/c1-14-6-4-3-5(11)8(12)7(6)9(10(14)15)13-16-2/h3-4H,1-2H3/b13-9-. The number of anilines is 1. The van der Waals surface area contributed by atoms with E-state index in [2.05, 4.69) is 9.99 Å². The Morgan fingerprint density at radius 3 is 2.69 bits per heavy atom. The average Bonchev–Trinajstić information content (AvgIpc) is 2.50. The maximum absolute atomic E-state index is 11.8. The molecule has 0 saturated heterocycles. The molecule has 0 aliphatic carbocycles. The number of rotatable bonds is 1. The van der Waals surface area contributed by atoms with Crippen LogP contribution in [0.2, 0.25) is 10.0 Å². The number of likely N-dealkylation sites (N-methyl/N-ethyl adjacent to an activating group) is 1. The van der Waals surface area contributed by atoms with Gasteiger partial charge in [0.25, 0.3) is 5.91 Å². The van der Waals surface area contributed by atoms with Crippen LogP contribution < -0.4 is 4.90 Å². The predicted octanol–water partition coefficient (Wildman–Crippen LogP) is 2.32. The SMILES string of the molecule is CO/N=C1\C(=O)N(C)c2ccc(Cl)c(Cl)c21. The van der Waals surface area contributed by atoms with Crippen LogP contribution in [0.5, 0.6) is 0 Å². The summed E-state index contributed by atoms with van der Waals surface area (Å²) in [5.74, 6) is -0.263. The van der Waals surface area contributed by atoms with E-state index >= 15 is 0 Å². The molecular formula is C10H8Cl2N2O2. The van der Waals surface area contributed by atoms with Gasteiger partial charge in [0.15, 0.2) is 5.71 Å². The molecule has 6 heteroatoms. The molecule has 4 nitrogen and oxygen atoms in total. The Balaban J connectivity index is 2.72. The van der Waals surface area contributed by atoms with Crippen molar-refractivity contribution in [2.24, 2.45) is 5.16 Å². The lowest BCUT2D eigenvalue weighted by molar-refractivity contribution is -0.112. The Kier molecular flexibility index (Phi) is 2.78. The second-order valence-corrected chi connectivity index (χ2v) is 4.03. The van der Waals surface area contributed by atoms with Gasteiger partial charge in [-0.25, -0.2) is 0 Å². The third kappa shape index (κ3) is 1.45. The highest BCUT2D eigenvalue weighted by atomic mass is 35.5. The molecule has 0 N–H and O–H groups in total. The maximum atomic E-state index is 11.8. The van der Waals surface area contributed by atoms with Gasteiger partial charge in [-0.05, 0) is 12.1 Å². The number of carbonyl (C=O) groups is 1. The van der Waals surface area contributed by atoms with Crippen molar-refractivity contribution < 1.29 is 9.63 Å². The first kappa shape index (κ1) is 11.2. The van der Waals surface area contributed by atoms with Crippen LogP contribution in [0.3, 0.4) is 0 Å². The number of hydrogen-bond donors (Lipinski definition) is 0. The first-order valence-corrected chi connectivity index (χ1v) is 5.21. The molecule has 0 radical (unpaired) electrons. The van der Waals surface area contributed by atoms with Crippen molar-refractivity contribution in [3.63, 3.8) is 0 Å². The fourth-order valence-corrected chi connectivity index (χ4v) is 2.00. The first-order chi connectivity index (χ1) is 7.57. The van der Waals surface area contributed by atoms with E-state index in [9.17, 15) is 4.79 Å². The van der Waals surface area contributed by atoms with E-state index in [-0.39, 0.29) is 11.6 Å². The van der Waals surface area contributed by atoms with Crippen molar-refractivity contribution in [1.82, 2.24) is 0 Å². The second kappa shape index (κ2) is 3.96. The quantitative estimate of drug-likeness (QED) is 0.726. The van der Waals surface area contributed by atoms with Crippen molar-refractivity contribution in [2.75, 3.05) is 19.1 Å². The second-order valence-electron chi connectivity index (χ2n) is 3.24. The summed E-state index contributed by atoms with van der Waals surface area (Å²) in [6, 6.07) is 3.36. The van der Waals surface area contributed by atoms with Crippen LogP contribution in [-0.4, -0.2) is 25.8 Å². The third-order valence-electron chi connectivity index (χ3n) is 2.36. The molecule has 0 spiro atoms. The van der Waals surface area contributed by atoms with E-state index in [0.717, 1.165) is 0 Å². The molecule has 0 saturated carbocycles. The lowest BCUT2D eigenvalue weighted by Gasteiger charge is -2.08. The molecule has 0 fully saturated rings. The van der Waals surface area contributed by atoms with E-state index in [1.807, 2.05) is 0 Å². The lowest BCUT2D eigenvalue weighted by Crippen LogP contribution is -2.25. The molecule has 1 aromatic rings. The zero-order chi connectivity index (χ0) is 11.9. The number of fused-ring (bicyclic) bond motifs is 1. The number of oxime groups is 1. The van der Waals surface area contributed by atoms with E-state index in [0.29, 0.717) is 21.3 Å². The largest absolute Gasteiger partial charge is 0.398 e. The van der Waals surface area contributed by atoms with E-state index in [1.54, 1.807) is 19.2 Å². The molecule has 2 rings (SSSR count). The summed E-state index contributed by atoms with van der Waals surface area (Å²) in [6.45, 7) is 0. The number of halogens is 2. The summed E-state index contributed by atoms with van der Waals surface area (Å²) in [5.41, 5.74) is 1.37. The fraction of sp³-hybridized carbons (Fsp3) is 0.200. The summed E-state index contributed by atoms with van der Waals surface area (Å²) < 4.78 is 0. The molecule has 1 aromatic carbocycles. The van der Waals surface area contributed by atoms with Gasteiger partial charge in [0.2, 0.25) is 0 Å². The number of nitrogens with zero attached hydrogens (tertiary/aromatic N) is 2. The summed E-state index contributed by atoms with van der Waals surface area (Å²) in [4.78, 5) is 17.9. The Labute approximate surface area is 102 Å². The van der Waals surface area contributed by atoms with Crippen molar-refractivity contribution in [3.05, 3.63) is 27.7 Å². The van der Waals surface area contributed by atoms with Gasteiger partial charge in [-0.1, -0.05) is 28.4 Å². The highest BCUT2D eigenvalue weighted by molar-refractivity contribution is 6.58. The number of amides is 1. The summed E-state index contributed by atoms with van der Waals surface area (Å²) >= 11 is 11.9. The molecule has 1 aliphatic rings. The van der Waals surface area contributed by atoms with Gasteiger partial charge >= 0.3 is 0 Å². The molecule has 16 heavy (non-hydrogen) atoms. The monoisotopic (exact) mass is 258 g/mol. The molecular weight excluding hydrogens is 251 g/mol. The number of hydrogen-bond acceptors (Lipinski definition) is 3. The van der Waals surface area contributed by atoms with Crippen LogP contribution in [-0.2, 0) is 9.63 Å². The molecule has 1 amide bonds. The Morgan fingerprint density at radius 1 is 1.38 bits per heavy atom.